The van der Waals surface area contributed by atoms with Crippen molar-refractivity contribution < 1.29 is 19.4 Å². The molecule has 0 heterocycles. The van der Waals surface area contributed by atoms with Gasteiger partial charge in [0, 0.05) is 5.92 Å². The molecule has 0 aromatic heterocycles. The highest BCUT2D eigenvalue weighted by Crippen LogP contribution is 2.44. The monoisotopic (exact) mass is 324 g/mol. The van der Waals surface area contributed by atoms with Gasteiger partial charge < -0.3 is 14.6 Å². The molecule has 24 heavy (non-hydrogen) atoms. The highest BCUT2D eigenvalue weighted by molar-refractivity contribution is 5.78. The molecule has 0 fully saturated rings. The van der Waals surface area contributed by atoms with Crippen LogP contribution < -0.4 is 0 Å². The Hall–Kier alpha value is -2.59. The number of carbonyl (C=O) groups is 1. The van der Waals surface area contributed by atoms with Crippen molar-refractivity contribution in [3.05, 3.63) is 71.8 Å². The van der Waals surface area contributed by atoms with E-state index in [4.69, 9.17) is 14.6 Å². The Morgan fingerprint density at radius 3 is 2.29 bits per heavy atom. The molecule has 2 aromatic rings. The van der Waals surface area contributed by atoms with E-state index in [9.17, 15) is 4.79 Å². The van der Waals surface area contributed by atoms with Crippen molar-refractivity contribution in [1.82, 2.24) is 0 Å². The summed E-state index contributed by atoms with van der Waals surface area (Å²) in [5.74, 6) is 0.0215. The van der Waals surface area contributed by atoms with E-state index in [-0.39, 0.29) is 19.1 Å². The first-order chi connectivity index (χ1) is 11.7. The summed E-state index contributed by atoms with van der Waals surface area (Å²) in [6.45, 7) is 1.87. The van der Waals surface area contributed by atoms with Gasteiger partial charge in [-0.3, -0.25) is 0 Å². The van der Waals surface area contributed by atoms with Gasteiger partial charge in [-0.1, -0.05) is 54.6 Å². The Morgan fingerprint density at radius 2 is 1.71 bits per heavy atom. The minimum Gasteiger partial charge on any atom is -0.433 e. The second-order valence-electron chi connectivity index (χ2n) is 5.72. The van der Waals surface area contributed by atoms with Crippen LogP contribution in [0.1, 0.15) is 24.0 Å². The third-order valence-corrected chi connectivity index (χ3v) is 4.13. The van der Waals surface area contributed by atoms with E-state index < -0.39 is 12.3 Å². The first kappa shape index (κ1) is 16.3. The number of aliphatic hydroxyl groups excluding tert-OH is 1. The van der Waals surface area contributed by atoms with Crippen molar-refractivity contribution >= 4 is 6.16 Å². The Labute approximate surface area is 141 Å². The lowest BCUT2D eigenvalue weighted by atomic mass is 9.98. The van der Waals surface area contributed by atoms with Crippen molar-refractivity contribution in [2.24, 2.45) is 0 Å². The number of hydrogen-bond acceptors (Lipinski definition) is 4. The van der Waals surface area contributed by atoms with Crippen LogP contribution in [-0.4, -0.2) is 30.6 Å². The first-order valence-corrected chi connectivity index (χ1v) is 8.00. The van der Waals surface area contributed by atoms with E-state index in [1.807, 2.05) is 24.3 Å². The third-order valence-electron chi connectivity index (χ3n) is 4.13. The van der Waals surface area contributed by atoms with Gasteiger partial charge in [-0.2, -0.15) is 0 Å². The lowest BCUT2D eigenvalue weighted by Crippen LogP contribution is -2.17. The van der Waals surface area contributed by atoms with Gasteiger partial charge in [0.15, 0.2) is 0 Å². The van der Waals surface area contributed by atoms with Crippen LogP contribution in [0.4, 0.5) is 4.79 Å². The molecule has 0 radical (unpaired) electrons. The largest absolute Gasteiger partial charge is 0.508 e. The lowest BCUT2D eigenvalue weighted by molar-refractivity contribution is 0.0401. The topological polar surface area (TPSA) is 55.8 Å². The molecule has 1 N–H and O–H groups in total. The summed E-state index contributed by atoms with van der Waals surface area (Å²) in [6.07, 6.45) is 2.00. The average Bonchev–Trinajstić information content (AvgIpc) is 2.92. The predicted octanol–water partition coefficient (Wildman–Crippen LogP) is 3.89. The molecule has 0 unspecified atom stereocenters. The summed E-state index contributed by atoms with van der Waals surface area (Å²) >= 11 is 0. The fourth-order valence-corrected chi connectivity index (χ4v) is 3.07. The van der Waals surface area contributed by atoms with Gasteiger partial charge in [-0.15, -0.1) is 0 Å². The van der Waals surface area contributed by atoms with Gasteiger partial charge in [0.2, 0.25) is 0 Å². The quantitative estimate of drug-likeness (QED) is 0.670. The molecule has 0 spiro atoms. The Balaban J connectivity index is 1.69. The van der Waals surface area contributed by atoms with Crippen LogP contribution in [0.3, 0.4) is 0 Å². The maximum atomic E-state index is 11.9. The number of aliphatic hydroxyl groups is 1. The summed E-state index contributed by atoms with van der Waals surface area (Å²) in [4.78, 5) is 11.9. The van der Waals surface area contributed by atoms with E-state index in [0.717, 1.165) is 0 Å². The maximum absolute atomic E-state index is 11.9. The van der Waals surface area contributed by atoms with Gasteiger partial charge in [-0.05, 0) is 35.3 Å². The summed E-state index contributed by atoms with van der Waals surface area (Å²) in [6, 6.07) is 16.4. The number of rotatable bonds is 5. The summed E-state index contributed by atoms with van der Waals surface area (Å²) in [5, 5.41) is 8.72. The molecule has 3 rings (SSSR count). The Bertz CT molecular complexity index is 705. The molecule has 0 saturated carbocycles. The van der Waals surface area contributed by atoms with Gasteiger partial charge in [0.05, 0.1) is 6.61 Å². The molecular formula is C20H20O4. The molecule has 1 aliphatic carbocycles. The minimum atomic E-state index is -0.702. The van der Waals surface area contributed by atoms with E-state index in [0.29, 0.717) is 0 Å². The van der Waals surface area contributed by atoms with Crippen molar-refractivity contribution in [2.75, 3.05) is 13.2 Å². The van der Waals surface area contributed by atoms with Crippen molar-refractivity contribution in [1.29, 1.82) is 0 Å². The number of fused-ring (bicyclic) bond motifs is 3. The smallest absolute Gasteiger partial charge is 0.433 e. The SMILES string of the molecule is C[C@@H](C=CCO)OC(=O)OCC1c2ccccc2-c2ccccc21. The highest BCUT2D eigenvalue weighted by atomic mass is 16.7. The summed E-state index contributed by atoms with van der Waals surface area (Å²) < 4.78 is 10.5. The molecule has 4 heteroatoms. The molecule has 2 aromatic carbocycles. The molecule has 0 bridgehead atoms. The van der Waals surface area contributed by atoms with Crippen LogP contribution in [0.2, 0.25) is 0 Å². The first-order valence-electron chi connectivity index (χ1n) is 8.00. The fraction of sp³-hybridized carbons (Fsp3) is 0.250. The van der Waals surface area contributed by atoms with Gasteiger partial charge in [0.1, 0.15) is 12.7 Å². The second-order valence-corrected chi connectivity index (χ2v) is 5.72. The number of ether oxygens (including phenoxy) is 2. The molecule has 4 nitrogen and oxygen atoms in total. The number of benzene rings is 2. The molecule has 1 aliphatic rings. The standard InChI is InChI=1S/C20H20O4/c1-14(7-6-12-21)24-20(22)23-13-19-17-10-4-2-8-15(17)16-9-3-5-11-18(16)19/h2-11,14,19,21H,12-13H2,1H3/t14-/m0/s1. The van der Waals surface area contributed by atoms with Crippen LogP contribution in [0.25, 0.3) is 11.1 Å². The molecule has 1 atom stereocenters. The van der Waals surface area contributed by atoms with Gasteiger partial charge in [0.25, 0.3) is 0 Å². The molecule has 124 valence electrons. The normalized spacial score (nSPS) is 14.2. The minimum absolute atomic E-state index is 0.0215. The van der Waals surface area contributed by atoms with Gasteiger partial charge >= 0.3 is 6.16 Å². The summed E-state index contributed by atoms with van der Waals surface area (Å²) in [5.41, 5.74) is 4.71. The van der Waals surface area contributed by atoms with E-state index in [1.165, 1.54) is 28.3 Å². The zero-order chi connectivity index (χ0) is 16.9. The summed E-state index contributed by atoms with van der Waals surface area (Å²) in [7, 11) is 0. The molecule has 0 amide bonds. The maximum Gasteiger partial charge on any atom is 0.508 e. The van der Waals surface area contributed by atoms with Crippen molar-refractivity contribution in [2.45, 2.75) is 18.9 Å². The number of carbonyl (C=O) groups excluding carboxylic acids is 1. The lowest BCUT2D eigenvalue weighted by Gasteiger charge is -2.15. The third kappa shape index (κ3) is 3.34. The highest BCUT2D eigenvalue weighted by Gasteiger charge is 2.29. The second kappa shape index (κ2) is 7.32. The van der Waals surface area contributed by atoms with Crippen LogP contribution in [0.15, 0.2) is 60.7 Å². The zero-order valence-corrected chi connectivity index (χ0v) is 13.5. The van der Waals surface area contributed by atoms with Crippen molar-refractivity contribution in [3.8, 4) is 11.1 Å². The van der Waals surface area contributed by atoms with Crippen LogP contribution in [0, 0.1) is 0 Å². The van der Waals surface area contributed by atoms with Crippen molar-refractivity contribution in [3.63, 3.8) is 0 Å². The fourth-order valence-electron chi connectivity index (χ4n) is 3.07. The Morgan fingerprint density at radius 1 is 1.12 bits per heavy atom. The molecule has 0 saturated heterocycles. The van der Waals surface area contributed by atoms with Crippen LogP contribution in [0.5, 0.6) is 0 Å². The van der Waals surface area contributed by atoms with Crippen LogP contribution >= 0.6 is 0 Å². The van der Waals surface area contributed by atoms with Gasteiger partial charge in [-0.25, -0.2) is 4.79 Å². The average molecular weight is 324 g/mol. The molecular weight excluding hydrogens is 304 g/mol. The van der Waals surface area contributed by atoms with Crippen LogP contribution in [-0.2, 0) is 9.47 Å². The van der Waals surface area contributed by atoms with E-state index in [1.54, 1.807) is 13.0 Å². The zero-order valence-electron chi connectivity index (χ0n) is 13.5. The predicted molar refractivity (Wildman–Crippen MR) is 91.8 cm³/mol. The van der Waals surface area contributed by atoms with E-state index in [2.05, 4.69) is 24.3 Å². The Kier molecular flexibility index (Phi) is 4.96. The molecule has 0 aliphatic heterocycles. The van der Waals surface area contributed by atoms with E-state index >= 15 is 0 Å². The number of hydrogen-bond donors (Lipinski definition) is 1.